The Bertz CT molecular complexity index is 1280. The molecule has 1 atom stereocenters. The van der Waals surface area contributed by atoms with Crippen molar-refractivity contribution in [3.8, 4) is 17.1 Å². The lowest BCUT2D eigenvalue weighted by atomic mass is 9.90. The number of carbonyl (C=O) groups is 2. The van der Waals surface area contributed by atoms with E-state index < -0.39 is 34.6 Å². The summed E-state index contributed by atoms with van der Waals surface area (Å²) in [6.07, 6.45) is 1.77. The summed E-state index contributed by atoms with van der Waals surface area (Å²) in [6, 6.07) is 6.32. The van der Waals surface area contributed by atoms with E-state index in [1.165, 1.54) is 18.3 Å². The largest absolute Gasteiger partial charge is 0.481 e. The predicted octanol–water partition coefficient (Wildman–Crippen LogP) is 4.33. The van der Waals surface area contributed by atoms with Crippen LogP contribution in [0.25, 0.3) is 16.8 Å². The Morgan fingerprint density at radius 1 is 1.21 bits per heavy atom. The molecule has 1 unspecified atom stereocenters. The van der Waals surface area contributed by atoms with Crippen LogP contribution in [0.2, 0.25) is 5.02 Å². The smallest absolute Gasteiger partial charge is 0.407 e. The highest BCUT2D eigenvalue weighted by atomic mass is 35.5. The Kier molecular flexibility index (Phi) is 6.46. The maximum atomic E-state index is 14.1. The number of benzene rings is 1. The Labute approximate surface area is 195 Å². The van der Waals surface area contributed by atoms with Crippen molar-refractivity contribution in [2.75, 3.05) is 13.1 Å². The molecule has 9 nitrogen and oxygen atoms in total. The number of carboxylic acids is 1. The van der Waals surface area contributed by atoms with Gasteiger partial charge in [0.25, 0.3) is 0 Å². The van der Waals surface area contributed by atoms with Crippen LogP contribution >= 0.6 is 11.6 Å². The zero-order chi connectivity index (χ0) is 24.4. The van der Waals surface area contributed by atoms with Crippen LogP contribution in [0.5, 0.6) is 5.88 Å². The first-order valence-corrected chi connectivity index (χ1v) is 10.2. The lowest BCUT2D eigenvalue weighted by Crippen LogP contribution is -2.40. The Balaban J connectivity index is 1.45. The number of nitrogens with zero attached hydrogens (tertiary/aromatic N) is 3. The lowest BCUT2D eigenvalue weighted by molar-refractivity contribution is -0.140. The molecular weight excluding hydrogens is 476 g/mol. The number of ether oxygens (including phenoxy) is 1. The van der Waals surface area contributed by atoms with E-state index in [-0.39, 0.29) is 42.6 Å². The van der Waals surface area contributed by atoms with Crippen LogP contribution in [-0.2, 0) is 11.4 Å². The Morgan fingerprint density at radius 3 is 2.65 bits per heavy atom. The minimum atomic E-state index is -1.19. The van der Waals surface area contributed by atoms with Crippen LogP contribution in [0.15, 0.2) is 47.1 Å². The molecule has 1 aliphatic rings. The number of rotatable bonds is 6. The summed E-state index contributed by atoms with van der Waals surface area (Å²) in [5, 5.41) is 21.9. The number of carboxylic acid groups (broad SMARTS) is 2. The molecule has 3 heterocycles. The highest BCUT2D eigenvalue weighted by molar-refractivity contribution is 6.33. The van der Waals surface area contributed by atoms with Crippen molar-refractivity contribution in [3.63, 3.8) is 0 Å². The monoisotopic (exact) mass is 491 g/mol. The highest BCUT2D eigenvalue weighted by Crippen LogP contribution is 2.33. The van der Waals surface area contributed by atoms with E-state index >= 15 is 0 Å². The highest BCUT2D eigenvalue weighted by Gasteiger charge is 2.31. The van der Waals surface area contributed by atoms with E-state index in [0.29, 0.717) is 11.1 Å². The number of halogens is 3. The van der Waals surface area contributed by atoms with Gasteiger partial charge in [-0.1, -0.05) is 22.8 Å². The minimum absolute atomic E-state index is 0.00302. The van der Waals surface area contributed by atoms with Crippen molar-refractivity contribution in [1.29, 1.82) is 0 Å². The predicted molar refractivity (Wildman–Crippen MR) is 114 cm³/mol. The fourth-order valence-corrected chi connectivity index (χ4v) is 3.72. The summed E-state index contributed by atoms with van der Waals surface area (Å²) < 4.78 is 38.3. The zero-order valence-corrected chi connectivity index (χ0v) is 18.0. The van der Waals surface area contributed by atoms with Crippen molar-refractivity contribution in [1.82, 2.24) is 15.0 Å². The van der Waals surface area contributed by atoms with Gasteiger partial charge in [-0.2, -0.15) is 0 Å². The first-order chi connectivity index (χ1) is 16.2. The van der Waals surface area contributed by atoms with E-state index in [1.807, 2.05) is 0 Å². The summed E-state index contributed by atoms with van der Waals surface area (Å²) in [7, 11) is 0. The third kappa shape index (κ3) is 4.69. The molecule has 0 fully saturated rings. The molecule has 0 spiro atoms. The van der Waals surface area contributed by atoms with Crippen LogP contribution < -0.4 is 4.74 Å². The van der Waals surface area contributed by atoms with Gasteiger partial charge in [-0.25, -0.2) is 18.6 Å². The van der Waals surface area contributed by atoms with Crippen molar-refractivity contribution >= 4 is 29.2 Å². The molecule has 1 aromatic carbocycles. The number of hydrogen-bond acceptors (Lipinski definition) is 6. The molecule has 176 valence electrons. The average Bonchev–Trinajstić information content (AvgIpc) is 3.29. The summed E-state index contributed by atoms with van der Waals surface area (Å²) in [5.74, 6) is -3.33. The van der Waals surface area contributed by atoms with E-state index in [0.717, 1.165) is 17.0 Å². The molecular formula is C22H16ClF2N3O6. The molecule has 34 heavy (non-hydrogen) atoms. The van der Waals surface area contributed by atoms with Gasteiger partial charge < -0.3 is 24.4 Å². The molecule has 12 heteroatoms. The molecule has 1 amide bonds. The SMILES string of the molecule is O=C(O)C1CN(C(=O)O)CC=C1c1ccc(OCc2cc(-c3c(F)ccc(F)c3Cl)no2)nc1. The minimum Gasteiger partial charge on any atom is -0.481 e. The van der Waals surface area contributed by atoms with Gasteiger partial charge in [0.15, 0.2) is 12.4 Å². The summed E-state index contributed by atoms with van der Waals surface area (Å²) in [5.41, 5.74) is 0.749. The molecule has 0 saturated heterocycles. The quantitative estimate of drug-likeness (QED) is 0.488. The average molecular weight is 492 g/mol. The number of pyridine rings is 1. The number of amides is 1. The molecule has 0 bridgehead atoms. The number of hydrogen-bond donors (Lipinski definition) is 2. The maximum Gasteiger partial charge on any atom is 0.407 e. The topological polar surface area (TPSA) is 126 Å². The van der Waals surface area contributed by atoms with Gasteiger partial charge in [-0.3, -0.25) is 4.79 Å². The molecule has 0 radical (unpaired) electrons. The summed E-state index contributed by atoms with van der Waals surface area (Å²) in [6.45, 7) is -0.225. The van der Waals surface area contributed by atoms with E-state index in [4.69, 9.17) is 26.0 Å². The van der Waals surface area contributed by atoms with Gasteiger partial charge in [0.1, 0.15) is 17.3 Å². The molecule has 0 aliphatic carbocycles. The van der Waals surface area contributed by atoms with Crippen molar-refractivity contribution < 1.29 is 37.8 Å². The van der Waals surface area contributed by atoms with E-state index in [2.05, 4.69) is 10.1 Å². The van der Waals surface area contributed by atoms with Crippen molar-refractivity contribution in [2.45, 2.75) is 6.61 Å². The van der Waals surface area contributed by atoms with Gasteiger partial charge in [0.2, 0.25) is 5.88 Å². The van der Waals surface area contributed by atoms with Gasteiger partial charge in [-0.05, 0) is 29.3 Å². The zero-order valence-electron chi connectivity index (χ0n) is 17.2. The molecule has 1 aliphatic heterocycles. The molecule has 3 aromatic rings. The standard InChI is InChI=1S/C22H16ClF2N3O6/c23-20-16(25)3-2-15(24)19(20)17-7-12(34-27-17)10-33-18-4-1-11(8-26-18)13-5-6-28(22(31)32)9-14(13)21(29)30/h1-5,7-8,14H,6,9-10H2,(H,29,30)(H,31,32). The molecule has 2 aromatic heterocycles. The molecule has 4 rings (SSSR count). The fraction of sp³-hybridized carbons (Fsp3) is 0.182. The summed E-state index contributed by atoms with van der Waals surface area (Å²) in [4.78, 5) is 27.9. The van der Waals surface area contributed by atoms with Gasteiger partial charge in [0.05, 0.1) is 16.5 Å². The van der Waals surface area contributed by atoms with Crippen LogP contribution in [0.3, 0.4) is 0 Å². The summed E-state index contributed by atoms with van der Waals surface area (Å²) >= 11 is 5.84. The third-order valence-electron chi connectivity index (χ3n) is 5.17. The lowest BCUT2D eigenvalue weighted by Gasteiger charge is -2.29. The van der Waals surface area contributed by atoms with Crippen molar-refractivity contribution in [2.24, 2.45) is 5.92 Å². The van der Waals surface area contributed by atoms with Crippen LogP contribution in [0.4, 0.5) is 13.6 Å². The number of aliphatic carboxylic acids is 1. The van der Waals surface area contributed by atoms with E-state index in [1.54, 1.807) is 12.1 Å². The Hall–Kier alpha value is -3.99. The first kappa shape index (κ1) is 23.2. The second-order valence-corrected chi connectivity index (χ2v) is 7.69. The van der Waals surface area contributed by atoms with Gasteiger partial charge in [0, 0.05) is 31.4 Å². The second kappa shape index (κ2) is 9.48. The normalized spacial score (nSPS) is 15.7. The third-order valence-corrected chi connectivity index (χ3v) is 5.54. The van der Waals surface area contributed by atoms with Gasteiger partial charge in [-0.15, -0.1) is 0 Å². The maximum absolute atomic E-state index is 14.1. The van der Waals surface area contributed by atoms with Gasteiger partial charge >= 0.3 is 12.1 Å². The van der Waals surface area contributed by atoms with Crippen LogP contribution in [-0.4, -0.2) is 50.4 Å². The van der Waals surface area contributed by atoms with E-state index in [9.17, 15) is 23.5 Å². The van der Waals surface area contributed by atoms with Crippen LogP contribution in [0, 0.1) is 17.6 Å². The fourth-order valence-electron chi connectivity index (χ4n) is 3.47. The van der Waals surface area contributed by atoms with Crippen molar-refractivity contribution in [3.05, 3.63) is 70.6 Å². The molecule has 0 saturated carbocycles. The second-order valence-electron chi connectivity index (χ2n) is 7.31. The molecule has 2 N–H and O–H groups in total. The number of aromatic nitrogens is 2. The van der Waals surface area contributed by atoms with Crippen LogP contribution in [0.1, 0.15) is 11.3 Å². The Morgan fingerprint density at radius 2 is 1.97 bits per heavy atom. The first-order valence-electron chi connectivity index (χ1n) is 9.84.